The summed E-state index contributed by atoms with van der Waals surface area (Å²) in [6.45, 7) is 3.12. The monoisotopic (exact) mass is 239 g/mol. The van der Waals surface area contributed by atoms with Crippen molar-refractivity contribution in [2.24, 2.45) is 0 Å². The van der Waals surface area contributed by atoms with Gasteiger partial charge in [0.05, 0.1) is 19.8 Å². The van der Waals surface area contributed by atoms with Crippen LogP contribution in [0.4, 0.5) is 0 Å². The van der Waals surface area contributed by atoms with Crippen LogP contribution < -0.4 is 4.74 Å². The van der Waals surface area contributed by atoms with Crippen LogP contribution in [0.1, 0.15) is 17.2 Å². The van der Waals surface area contributed by atoms with Crippen molar-refractivity contribution in [3.05, 3.63) is 29.3 Å². The first-order chi connectivity index (χ1) is 8.08. The smallest absolute Gasteiger partial charge is 0.121 e. The van der Waals surface area contributed by atoms with E-state index >= 15 is 0 Å². The molecular weight excluding hydrogens is 218 g/mol. The molecule has 0 fully saturated rings. The van der Waals surface area contributed by atoms with Crippen LogP contribution in [-0.2, 0) is 0 Å². The average Bonchev–Trinajstić information content (AvgIpc) is 2.29. The summed E-state index contributed by atoms with van der Waals surface area (Å²) in [6.07, 6.45) is -0.545. The number of nitrogens with zero attached hydrogens (tertiary/aromatic N) is 1. The number of aliphatic hydroxyl groups excluding tert-OH is 2. The summed E-state index contributed by atoms with van der Waals surface area (Å²) >= 11 is 0. The maximum atomic E-state index is 10.0. The maximum absolute atomic E-state index is 10.0. The molecule has 0 saturated heterocycles. The molecule has 0 heterocycles. The highest BCUT2D eigenvalue weighted by molar-refractivity contribution is 5.37. The van der Waals surface area contributed by atoms with E-state index in [9.17, 15) is 5.11 Å². The highest BCUT2D eigenvalue weighted by Gasteiger charge is 2.11. The zero-order valence-corrected chi connectivity index (χ0v) is 10.7. The fraction of sp³-hybridized carbons (Fsp3) is 0.538. The summed E-state index contributed by atoms with van der Waals surface area (Å²) in [4.78, 5) is 1.89. The van der Waals surface area contributed by atoms with E-state index in [1.54, 1.807) is 7.11 Å². The summed E-state index contributed by atoms with van der Waals surface area (Å²) in [6, 6.07) is 5.65. The number of ether oxygens (including phenoxy) is 1. The van der Waals surface area contributed by atoms with Gasteiger partial charge in [0.1, 0.15) is 5.75 Å². The van der Waals surface area contributed by atoms with E-state index in [4.69, 9.17) is 9.84 Å². The van der Waals surface area contributed by atoms with Gasteiger partial charge in [0, 0.05) is 13.1 Å². The van der Waals surface area contributed by atoms with Crippen LogP contribution in [0.3, 0.4) is 0 Å². The van der Waals surface area contributed by atoms with Crippen molar-refractivity contribution < 1.29 is 14.9 Å². The molecule has 0 saturated carbocycles. The normalized spacial score (nSPS) is 12.8. The van der Waals surface area contributed by atoms with E-state index in [0.717, 1.165) is 16.9 Å². The SMILES string of the molecule is COc1ccc(C(O)CN(C)CCO)cc1C. The fourth-order valence-corrected chi connectivity index (χ4v) is 1.77. The van der Waals surface area contributed by atoms with E-state index < -0.39 is 6.10 Å². The molecule has 1 rings (SSSR count). The molecule has 0 spiro atoms. The van der Waals surface area contributed by atoms with Gasteiger partial charge in [-0.1, -0.05) is 6.07 Å². The van der Waals surface area contributed by atoms with Crippen molar-refractivity contribution in [1.29, 1.82) is 0 Å². The van der Waals surface area contributed by atoms with Crippen LogP contribution in [0.5, 0.6) is 5.75 Å². The standard InChI is InChI=1S/C13H21NO3/c1-10-8-11(4-5-13(10)17-3)12(16)9-14(2)6-7-15/h4-5,8,12,15-16H,6-7,9H2,1-3H3. The van der Waals surface area contributed by atoms with E-state index in [2.05, 4.69) is 0 Å². The Balaban J connectivity index is 2.69. The molecule has 0 radical (unpaired) electrons. The van der Waals surface area contributed by atoms with Gasteiger partial charge in [0.25, 0.3) is 0 Å². The van der Waals surface area contributed by atoms with Gasteiger partial charge in [-0.3, -0.25) is 0 Å². The molecule has 4 nitrogen and oxygen atoms in total. The zero-order chi connectivity index (χ0) is 12.8. The van der Waals surface area contributed by atoms with E-state index in [1.165, 1.54) is 0 Å². The zero-order valence-electron chi connectivity index (χ0n) is 10.7. The number of rotatable bonds is 6. The first-order valence-electron chi connectivity index (χ1n) is 5.70. The van der Waals surface area contributed by atoms with Gasteiger partial charge in [0.2, 0.25) is 0 Å². The lowest BCUT2D eigenvalue weighted by Crippen LogP contribution is -2.27. The largest absolute Gasteiger partial charge is 0.496 e. The number of hydrogen-bond acceptors (Lipinski definition) is 4. The molecule has 1 aromatic carbocycles. The Morgan fingerprint density at radius 1 is 1.41 bits per heavy atom. The van der Waals surface area contributed by atoms with Gasteiger partial charge >= 0.3 is 0 Å². The topological polar surface area (TPSA) is 52.9 Å². The van der Waals surface area contributed by atoms with Gasteiger partial charge in [-0.05, 0) is 37.2 Å². The average molecular weight is 239 g/mol. The second-order valence-corrected chi connectivity index (χ2v) is 4.23. The molecule has 17 heavy (non-hydrogen) atoms. The maximum Gasteiger partial charge on any atom is 0.121 e. The second kappa shape index (κ2) is 6.59. The minimum Gasteiger partial charge on any atom is -0.496 e. The predicted octanol–water partition coefficient (Wildman–Crippen LogP) is 0.961. The van der Waals surface area contributed by atoms with E-state index in [0.29, 0.717) is 13.1 Å². The lowest BCUT2D eigenvalue weighted by molar-refractivity contribution is 0.115. The van der Waals surface area contributed by atoms with E-state index in [-0.39, 0.29) is 6.61 Å². The Bertz CT molecular complexity index is 355. The summed E-state index contributed by atoms with van der Waals surface area (Å²) in [5.74, 6) is 0.824. The molecule has 0 aromatic heterocycles. The summed E-state index contributed by atoms with van der Waals surface area (Å²) < 4.78 is 5.17. The van der Waals surface area contributed by atoms with Gasteiger partial charge in [0.15, 0.2) is 0 Å². The van der Waals surface area contributed by atoms with Crippen LogP contribution in [0.15, 0.2) is 18.2 Å². The fourth-order valence-electron chi connectivity index (χ4n) is 1.77. The summed E-state index contributed by atoms with van der Waals surface area (Å²) in [5, 5.41) is 18.8. The highest BCUT2D eigenvalue weighted by atomic mass is 16.5. The third-order valence-electron chi connectivity index (χ3n) is 2.77. The van der Waals surface area contributed by atoms with Crippen LogP contribution in [0, 0.1) is 6.92 Å². The first-order valence-corrected chi connectivity index (χ1v) is 5.70. The van der Waals surface area contributed by atoms with Crippen LogP contribution in [0.2, 0.25) is 0 Å². The third-order valence-corrected chi connectivity index (χ3v) is 2.77. The minimum absolute atomic E-state index is 0.102. The summed E-state index contributed by atoms with van der Waals surface area (Å²) in [7, 11) is 3.50. The number of likely N-dealkylation sites (N-methyl/N-ethyl adjacent to an activating group) is 1. The number of aliphatic hydroxyl groups is 2. The van der Waals surface area contributed by atoms with Crippen molar-refractivity contribution in [1.82, 2.24) is 4.90 Å². The molecule has 0 bridgehead atoms. The predicted molar refractivity (Wildman–Crippen MR) is 67.3 cm³/mol. The van der Waals surface area contributed by atoms with Gasteiger partial charge in [-0.2, -0.15) is 0 Å². The van der Waals surface area contributed by atoms with Crippen molar-refractivity contribution in [3.63, 3.8) is 0 Å². The quantitative estimate of drug-likeness (QED) is 0.776. The Kier molecular flexibility index (Phi) is 5.41. The second-order valence-electron chi connectivity index (χ2n) is 4.23. The number of aryl methyl sites for hydroxylation is 1. The van der Waals surface area contributed by atoms with Crippen LogP contribution in [0.25, 0.3) is 0 Å². The van der Waals surface area contributed by atoms with Crippen LogP contribution in [-0.4, -0.2) is 49.0 Å². The van der Waals surface area contributed by atoms with E-state index in [1.807, 2.05) is 37.1 Å². The number of hydrogen-bond donors (Lipinski definition) is 2. The van der Waals surface area contributed by atoms with Crippen LogP contribution >= 0.6 is 0 Å². The van der Waals surface area contributed by atoms with Crippen molar-refractivity contribution >= 4 is 0 Å². The highest BCUT2D eigenvalue weighted by Crippen LogP contribution is 2.22. The molecule has 1 unspecified atom stereocenters. The molecule has 0 aliphatic heterocycles. The first kappa shape index (κ1) is 14.0. The van der Waals surface area contributed by atoms with Crippen molar-refractivity contribution in [3.8, 4) is 5.75 Å². The van der Waals surface area contributed by atoms with Gasteiger partial charge in [-0.15, -0.1) is 0 Å². The number of methoxy groups -OCH3 is 1. The molecule has 1 atom stereocenters. The molecule has 1 aromatic rings. The third kappa shape index (κ3) is 4.00. The Morgan fingerprint density at radius 3 is 2.65 bits per heavy atom. The Hall–Kier alpha value is -1.10. The Morgan fingerprint density at radius 2 is 2.12 bits per heavy atom. The Labute approximate surface area is 102 Å². The molecule has 0 amide bonds. The van der Waals surface area contributed by atoms with Crippen molar-refractivity contribution in [2.75, 3.05) is 33.9 Å². The summed E-state index contributed by atoms with van der Waals surface area (Å²) in [5.41, 5.74) is 1.88. The van der Waals surface area contributed by atoms with Crippen molar-refractivity contribution in [2.45, 2.75) is 13.0 Å². The lowest BCUT2D eigenvalue weighted by atomic mass is 10.1. The molecule has 0 aliphatic rings. The molecule has 4 heteroatoms. The molecule has 2 N–H and O–H groups in total. The van der Waals surface area contributed by atoms with Gasteiger partial charge < -0.3 is 19.8 Å². The molecule has 96 valence electrons. The molecular formula is C13H21NO3. The molecule has 0 aliphatic carbocycles. The number of benzene rings is 1. The lowest BCUT2D eigenvalue weighted by Gasteiger charge is -2.20. The van der Waals surface area contributed by atoms with Gasteiger partial charge in [-0.25, -0.2) is 0 Å². The minimum atomic E-state index is -0.545.